The van der Waals surface area contributed by atoms with Crippen molar-refractivity contribution in [3.05, 3.63) is 28.0 Å². The number of nitrogens with one attached hydrogen (secondary N) is 1. The normalized spacial score (nSPS) is 10.4. The minimum absolute atomic E-state index is 0.105. The van der Waals surface area contributed by atoms with Crippen LogP contribution in [0, 0.1) is 5.92 Å². The Morgan fingerprint density at radius 1 is 1.42 bits per heavy atom. The van der Waals surface area contributed by atoms with Crippen molar-refractivity contribution in [2.24, 2.45) is 5.92 Å². The summed E-state index contributed by atoms with van der Waals surface area (Å²) in [5.41, 5.74) is 0.144. The van der Waals surface area contributed by atoms with Crippen LogP contribution in [-0.2, 0) is 9.53 Å². The van der Waals surface area contributed by atoms with Gasteiger partial charge in [-0.15, -0.1) is 0 Å². The first kappa shape index (κ1) is 15.7. The van der Waals surface area contributed by atoms with Gasteiger partial charge in [-0.1, -0.05) is 37.0 Å². The third-order valence-corrected chi connectivity index (χ3v) is 2.76. The molecule has 104 valence electrons. The zero-order valence-corrected chi connectivity index (χ0v) is 12.1. The maximum absolute atomic E-state index is 11.6. The van der Waals surface area contributed by atoms with Gasteiger partial charge in [0, 0.05) is 12.7 Å². The highest BCUT2D eigenvalue weighted by Gasteiger charge is 2.12. The summed E-state index contributed by atoms with van der Waals surface area (Å²) in [6.45, 7) is 4.12. The van der Waals surface area contributed by atoms with E-state index < -0.39 is 5.97 Å². The second-order valence-corrected chi connectivity index (χ2v) is 5.04. The monoisotopic (exact) mass is 304 g/mol. The van der Waals surface area contributed by atoms with Crippen molar-refractivity contribution in [2.45, 2.75) is 13.8 Å². The van der Waals surface area contributed by atoms with Crippen molar-refractivity contribution < 1.29 is 14.3 Å². The fraction of sp³-hybridized carbons (Fsp3) is 0.417. The van der Waals surface area contributed by atoms with Crippen LogP contribution in [0.2, 0.25) is 10.2 Å². The van der Waals surface area contributed by atoms with Crippen LogP contribution < -0.4 is 5.32 Å². The van der Waals surface area contributed by atoms with Crippen molar-refractivity contribution in [1.82, 2.24) is 10.3 Å². The van der Waals surface area contributed by atoms with Crippen molar-refractivity contribution in [1.29, 1.82) is 0 Å². The van der Waals surface area contributed by atoms with Gasteiger partial charge in [-0.3, -0.25) is 4.79 Å². The summed E-state index contributed by atoms with van der Waals surface area (Å²) < 4.78 is 4.82. The predicted molar refractivity (Wildman–Crippen MR) is 72.4 cm³/mol. The number of ether oxygens (including phenoxy) is 1. The number of carbonyl (C=O) groups excluding carboxylic acids is 2. The molecule has 0 aliphatic rings. The molecule has 1 N–H and O–H groups in total. The third kappa shape index (κ3) is 5.44. The Balaban J connectivity index is 2.47. The molecule has 0 unspecified atom stereocenters. The van der Waals surface area contributed by atoms with Crippen molar-refractivity contribution in [2.75, 3.05) is 13.2 Å². The molecule has 1 rings (SSSR count). The number of rotatable bonds is 5. The van der Waals surface area contributed by atoms with Crippen LogP contribution in [0.3, 0.4) is 0 Å². The van der Waals surface area contributed by atoms with Gasteiger partial charge in [0.2, 0.25) is 0 Å². The molecule has 0 saturated heterocycles. The van der Waals surface area contributed by atoms with Crippen LogP contribution in [0.15, 0.2) is 12.3 Å². The molecular formula is C12H14Cl2N2O3. The van der Waals surface area contributed by atoms with Gasteiger partial charge >= 0.3 is 5.97 Å². The van der Waals surface area contributed by atoms with E-state index in [0.29, 0.717) is 12.5 Å². The van der Waals surface area contributed by atoms with Crippen LogP contribution in [-0.4, -0.2) is 30.0 Å². The molecule has 5 nitrogen and oxygen atoms in total. The Morgan fingerprint density at radius 2 is 2.11 bits per heavy atom. The number of hydrogen-bond donors (Lipinski definition) is 1. The Kier molecular flexibility index (Phi) is 6.05. The number of hydrogen-bond acceptors (Lipinski definition) is 4. The van der Waals surface area contributed by atoms with E-state index in [9.17, 15) is 9.59 Å². The number of pyridine rings is 1. The molecule has 0 fully saturated rings. The fourth-order valence-electron chi connectivity index (χ4n) is 1.12. The van der Waals surface area contributed by atoms with Gasteiger partial charge in [-0.25, -0.2) is 9.78 Å². The predicted octanol–water partition coefficient (Wildman–Crippen LogP) is 2.32. The summed E-state index contributed by atoms with van der Waals surface area (Å²) in [6, 6.07) is 1.34. The summed E-state index contributed by atoms with van der Waals surface area (Å²) in [4.78, 5) is 26.7. The Bertz CT molecular complexity index is 478. The molecular weight excluding hydrogens is 291 g/mol. The van der Waals surface area contributed by atoms with Gasteiger partial charge in [0.15, 0.2) is 6.61 Å². The molecule has 0 aromatic carbocycles. The second kappa shape index (κ2) is 7.31. The van der Waals surface area contributed by atoms with Crippen LogP contribution in [0.5, 0.6) is 0 Å². The lowest BCUT2D eigenvalue weighted by molar-refractivity contribution is -0.124. The van der Waals surface area contributed by atoms with E-state index in [-0.39, 0.29) is 28.3 Å². The SMILES string of the molecule is CC(C)CNC(=O)COC(=O)c1cnc(Cl)c(Cl)c1. The van der Waals surface area contributed by atoms with E-state index in [1.165, 1.54) is 12.3 Å². The molecule has 0 saturated carbocycles. The fourth-order valence-corrected chi connectivity index (χ4v) is 1.39. The number of aromatic nitrogens is 1. The standard InChI is InChI=1S/C12H14Cl2N2O3/c1-7(2)4-15-10(17)6-19-12(18)8-3-9(13)11(14)16-5-8/h3,5,7H,4,6H2,1-2H3,(H,15,17). The van der Waals surface area contributed by atoms with Gasteiger partial charge in [0.1, 0.15) is 5.15 Å². The Hall–Kier alpha value is -1.33. The minimum Gasteiger partial charge on any atom is -0.452 e. The van der Waals surface area contributed by atoms with Crippen LogP contribution in [0.4, 0.5) is 0 Å². The second-order valence-electron chi connectivity index (χ2n) is 4.27. The molecule has 0 aliphatic heterocycles. The smallest absolute Gasteiger partial charge is 0.340 e. The number of esters is 1. The summed E-state index contributed by atoms with van der Waals surface area (Å²) in [5.74, 6) is -0.695. The third-order valence-electron chi connectivity index (χ3n) is 2.07. The quantitative estimate of drug-likeness (QED) is 0.669. The van der Waals surface area contributed by atoms with Gasteiger partial charge in [-0.05, 0) is 12.0 Å². The largest absolute Gasteiger partial charge is 0.452 e. The average molecular weight is 305 g/mol. The first-order valence-corrected chi connectivity index (χ1v) is 6.40. The molecule has 19 heavy (non-hydrogen) atoms. The van der Waals surface area contributed by atoms with Crippen LogP contribution in [0.1, 0.15) is 24.2 Å². The zero-order chi connectivity index (χ0) is 14.4. The van der Waals surface area contributed by atoms with E-state index >= 15 is 0 Å². The minimum atomic E-state index is -0.675. The highest BCUT2D eigenvalue weighted by molar-refractivity contribution is 6.41. The maximum Gasteiger partial charge on any atom is 0.340 e. The maximum atomic E-state index is 11.6. The highest BCUT2D eigenvalue weighted by Crippen LogP contribution is 2.19. The summed E-state index contributed by atoms with van der Waals surface area (Å²) in [7, 11) is 0. The van der Waals surface area contributed by atoms with Crippen molar-refractivity contribution in [3.63, 3.8) is 0 Å². The first-order chi connectivity index (χ1) is 8.90. The van der Waals surface area contributed by atoms with Gasteiger partial charge in [0.25, 0.3) is 5.91 Å². The Labute approximate surface area is 121 Å². The molecule has 1 aromatic heterocycles. The lowest BCUT2D eigenvalue weighted by Crippen LogP contribution is -2.31. The van der Waals surface area contributed by atoms with Crippen molar-refractivity contribution in [3.8, 4) is 0 Å². The van der Waals surface area contributed by atoms with Gasteiger partial charge in [-0.2, -0.15) is 0 Å². The topological polar surface area (TPSA) is 68.3 Å². The average Bonchev–Trinajstić information content (AvgIpc) is 2.36. The Morgan fingerprint density at radius 3 is 2.68 bits per heavy atom. The summed E-state index contributed by atoms with van der Waals surface area (Å²) in [5, 5.41) is 2.89. The van der Waals surface area contributed by atoms with Gasteiger partial charge < -0.3 is 10.1 Å². The molecule has 1 heterocycles. The van der Waals surface area contributed by atoms with E-state index in [2.05, 4.69) is 10.3 Å². The van der Waals surface area contributed by atoms with E-state index in [4.69, 9.17) is 27.9 Å². The van der Waals surface area contributed by atoms with Crippen LogP contribution in [0.25, 0.3) is 0 Å². The molecule has 1 amide bonds. The molecule has 1 aromatic rings. The van der Waals surface area contributed by atoms with E-state index in [1.807, 2.05) is 13.8 Å². The molecule has 0 aliphatic carbocycles. The molecule has 0 spiro atoms. The summed E-state index contributed by atoms with van der Waals surface area (Å²) in [6.07, 6.45) is 1.24. The van der Waals surface area contributed by atoms with E-state index in [1.54, 1.807) is 0 Å². The summed E-state index contributed by atoms with van der Waals surface area (Å²) >= 11 is 11.3. The van der Waals surface area contributed by atoms with Crippen LogP contribution >= 0.6 is 23.2 Å². The molecule has 0 bridgehead atoms. The lowest BCUT2D eigenvalue weighted by atomic mass is 10.2. The molecule has 7 heteroatoms. The number of halogens is 2. The molecule has 0 radical (unpaired) electrons. The first-order valence-electron chi connectivity index (χ1n) is 5.65. The molecule has 0 atom stereocenters. The number of carbonyl (C=O) groups is 2. The van der Waals surface area contributed by atoms with Crippen molar-refractivity contribution >= 4 is 35.1 Å². The highest BCUT2D eigenvalue weighted by atomic mass is 35.5. The number of nitrogens with zero attached hydrogens (tertiary/aromatic N) is 1. The lowest BCUT2D eigenvalue weighted by Gasteiger charge is -2.08. The van der Waals surface area contributed by atoms with Gasteiger partial charge in [0.05, 0.1) is 10.6 Å². The number of amides is 1. The van der Waals surface area contributed by atoms with E-state index in [0.717, 1.165) is 0 Å². The zero-order valence-electron chi connectivity index (χ0n) is 10.6.